The Kier molecular flexibility index (Phi) is 8.39. The molecule has 1 atom stereocenters. The van der Waals surface area contributed by atoms with Gasteiger partial charge in [0.1, 0.15) is 17.2 Å². The molecule has 1 aromatic carbocycles. The predicted molar refractivity (Wildman–Crippen MR) is 132 cm³/mol. The Hall–Kier alpha value is -3.97. The summed E-state index contributed by atoms with van der Waals surface area (Å²) in [6.07, 6.45) is 0. The largest absolute Gasteiger partial charge is 0.497 e. The fourth-order valence-corrected chi connectivity index (χ4v) is 4.71. The minimum Gasteiger partial charge on any atom is -0.497 e. The smallest absolute Gasteiger partial charge is 0.325 e. The first-order valence-corrected chi connectivity index (χ1v) is 11.9. The molecule has 1 unspecified atom stereocenters. The van der Waals surface area contributed by atoms with Gasteiger partial charge in [-0.2, -0.15) is 4.37 Å². The molecule has 0 spiro atoms. The van der Waals surface area contributed by atoms with E-state index in [1.165, 1.54) is 23.3 Å². The number of carbonyl (C=O) groups is 4. The zero-order chi connectivity index (χ0) is 25.5. The molecule has 0 aliphatic carbocycles. The SMILES string of the molecule is CCOC(=O)CNC(=O)C(c1cccs1)N(C(=O)c1snc(C(N)=O)c1N)c1ccc(OC)cc1. The number of amides is 3. The number of esters is 1. The molecule has 0 bridgehead atoms. The summed E-state index contributed by atoms with van der Waals surface area (Å²) < 4.78 is 14.0. The van der Waals surface area contributed by atoms with Crippen LogP contribution >= 0.6 is 22.9 Å². The van der Waals surface area contributed by atoms with E-state index < -0.39 is 29.7 Å². The summed E-state index contributed by atoms with van der Waals surface area (Å²) in [5, 5.41) is 4.28. The van der Waals surface area contributed by atoms with Crippen LogP contribution in [0.4, 0.5) is 11.4 Å². The van der Waals surface area contributed by atoms with Crippen molar-refractivity contribution in [3.8, 4) is 5.75 Å². The zero-order valence-electron chi connectivity index (χ0n) is 18.8. The second-order valence-corrected chi connectivity index (χ2v) is 8.70. The fourth-order valence-electron chi connectivity index (χ4n) is 3.15. The molecular weight excluding hydrogens is 494 g/mol. The van der Waals surface area contributed by atoms with Crippen LogP contribution in [0.1, 0.15) is 38.0 Å². The topological polar surface area (TPSA) is 167 Å². The average molecular weight is 518 g/mol. The number of nitrogen functional groups attached to an aromatic ring is 1. The molecule has 0 radical (unpaired) electrons. The summed E-state index contributed by atoms with van der Waals surface area (Å²) in [7, 11) is 1.50. The Morgan fingerprint density at radius 3 is 2.43 bits per heavy atom. The normalized spacial score (nSPS) is 11.4. The van der Waals surface area contributed by atoms with Gasteiger partial charge in [-0.05, 0) is 54.2 Å². The molecule has 3 rings (SSSR count). The van der Waals surface area contributed by atoms with Gasteiger partial charge in [-0.25, -0.2) is 0 Å². The maximum atomic E-state index is 13.8. The maximum absolute atomic E-state index is 13.8. The Morgan fingerprint density at radius 2 is 1.89 bits per heavy atom. The third-order valence-electron chi connectivity index (χ3n) is 4.76. The lowest BCUT2D eigenvalue weighted by atomic mass is 10.1. The summed E-state index contributed by atoms with van der Waals surface area (Å²) in [5.74, 6) is -2.26. The van der Waals surface area contributed by atoms with Gasteiger partial charge in [0.15, 0.2) is 11.7 Å². The highest BCUT2D eigenvalue weighted by Crippen LogP contribution is 2.35. The summed E-state index contributed by atoms with van der Waals surface area (Å²) >= 11 is 1.95. The summed E-state index contributed by atoms with van der Waals surface area (Å²) in [4.78, 5) is 52.3. The van der Waals surface area contributed by atoms with Crippen LogP contribution in [-0.4, -0.2) is 48.3 Å². The van der Waals surface area contributed by atoms with Gasteiger partial charge in [0.25, 0.3) is 11.8 Å². The molecule has 35 heavy (non-hydrogen) atoms. The molecule has 3 aromatic rings. The van der Waals surface area contributed by atoms with E-state index in [2.05, 4.69) is 9.69 Å². The highest BCUT2D eigenvalue weighted by molar-refractivity contribution is 7.10. The molecule has 5 N–H and O–H groups in total. The minimum atomic E-state index is -1.18. The van der Waals surface area contributed by atoms with Crippen LogP contribution in [0, 0.1) is 0 Å². The second-order valence-electron chi connectivity index (χ2n) is 6.95. The standard InChI is InChI=1S/C22H23N5O6S2/c1-3-33-15(28)11-25-21(30)18(14-5-4-10-34-14)27(12-6-8-13(32-2)9-7-12)22(31)19-16(23)17(20(24)29)26-35-19/h4-10,18H,3,11,23H2,1-2H3,(H2,24,29)(H,25,30). The predicted octanol–water partition coefficient (Wildman–Crippen LogP) is 1.96. The van der Waals surface area contributed by atoms with Crippen molar-refractivity contribution in [1.82, 2.24) is 9.69 Å². The molecule has 0 aliphatic heterocycles. The van der Waals surface area contributed by atoms with E-state index >= 15 is 0 Å². The van der Waals surface area contributed by atoms with E-state index in [9.17, 15) is 19.2 Å². The van der Waals surface area contributed by atoms with Gasteiger partial charge in [0, 0.05) is 10.6 Å². The van der Waals surface area contributed by atoms with E-state index in [0.717, 1.165) is 0 Å². The number of hydrogen-bond acceptors (Lipinski definition) is 10. The number of nitrogens with two attached hydrogens (primary N) is 2. The van der Waals surface area contributed by atoms with Crippen molar-refractivity contribution >= 4 is 57.9 Å². The molecule has 0 fully saturated rings. The Balaban J connectivity index is 2.09. The number of carbonyl (C=O) groups excluding carboxylic acids is 4. The van der Waals surface area contributed by atoms with Crippen LogP contribution in [0.25, 0.3) is 0 Å². The number of anilines is 2. The van der Waals surface area contributed by atoms with Crippen LogP contribution < -0.4 is 26.4 Å². The Morgan fingerprint density at radius 1 is 1.17 bits per heavy atom. The molecule has 0 saturated carbocycles. The van der Waals surface area contributed by atoms with E-state index in [1.54, 1.807) is 48.7 Å². The highest BCUT2D eigenvalue weighted by atomic mass is 32.1. The van der Waals surface area contributed by atoms with Crippen LogP contribution in [-0.2, 0) is 14.3 Å². The van der Waals surface area contributed by atoms with Crippen molar-refractivity contribution in [2.24, 2.45) is 5.73 Å². The Bertz CT molecular complexity index is 1210. The molecule has 184 valence electrons. The number of benzene rings is 1. The number of nitrogens with one attached hydrogen (secondary N) is 1. The third kappa shape index (κ3) is 5.75. The van der Waals surface area contributed by atoms with Gasteiger partial charge in [0.2, 0.25) is 5.91 Å². The quantitative estimate of drug-likeness (QED) is 0.343. The highest BCUT2D eigenvalue weighted by Gasteiger charge is 2.36. The van der Waals surface area contributed by atoms with E-state index in [4.69, 9.17) is 20.9 Å². The van der Waals surface area contributed by atoms with Crippen LogP contribution in [0.15, 0.2) is 41.8 Å². The van der Waals surface area contributed by atoms with E-state index in [0.29, 0.717) is 27.8 Å². The van der Waals surface area contributed by atoms with Crippen molar-refractivity contribution < 1.29 is 28.7 Å². The number of thiophene rings is 1. The number of nitrogens with zero attached hydrogens (tertiary/aromatic N) is 2. The van der Waals surface area contributed by atoms with Crippen molar-refractivity contribution in [3.05, 3.63) is 57.2 Å². The summed E-state index contributed by atoms with van der Waals surface area (Å²) in [6, 6.07) is 8.70. The van der Waals surface area contributed by atoms with Crippen LogP contribution in [0.2, 0.25) is 0 Å². The molecule has 3 amide bonds. The number of aromatic nitrogens is 1. The van der Waals surface area contributed by atoms with Crippen molar-refractivity contribution in [2.45, 2.75) is 13.0 Å². The number of primary amides is 1. The first-order valence-electron chi connectivity index (χ1n) is 10.3. The summed E-state index contributed by atoms with van der Waals surface area (Å²) in [6.45, 7) is 1.43. The number of hydrogen-bond donors (Lipinski definition) is 3. The van der Waals surface area contributed by atoms with Gasteiger partial charge in [0.05, 0.1) is 19.4 Å². The number of ether oxygens (including phenoxy) is 2. The zero-order valence-corrected chi connectivity index (χ0v) is 20.5. The second kappa shape index (κ2) is 11.4. The molecular formula is C22H23N5O6S2. The van der Waals surface area contributed by atoms with Gasteiger partial charge in [-0.15, -0.1) is 11.3 Å². The molecule has 2 aromatic heterocycles. The van der Waals surface area contributed by atoms with Gasteiger partial charge in [-0.1, -0.05) is 6.07 Å². The van der Waals surface area contributed by atoms with Crippen LogP contribution in [0.3, 0.4) is 0 Å². The van der Waals surface area contributed by atoms with Gasteiger partial charge < -0.3 is 26.3 Å². The molecule has 11 nitrogen and oxygen atoms in total. The van der Waals surface area contributed by atoms with Gasteiger partial charge >= 0.3 is 5.97 Å². The molecule has 0 saturated heterocycles. The van der Waals surface area contributed by atoms with Crippen molar-refractivity contribution in [3.63, 3.8) is 0 Å². The van der Waals surface area contributed by atoms with E-state index in [1.807, 2.05) is 0 Å². The third-order valence-corrected chi connectivity index (χ3v) is 6.53. The minimum absolute atomic E-state index is 0.0608. The fraction of sp³-hybridized carbons (Fsp3) is 0.227. The lowest BCUT2D eigenvalue weighted by Gasteiger charge is -2.30. The molecule has 0 aliphatic rings. The van der Waals surface area contributed by atoms with E-state index in [-0.39, 0.29) is 29.4 Å². The number of rotatable bonds is 10. The first kappa shape index (κ1) is 25.6. The maximum Gasteiger partial charge on any atom is 0.325 e. The lowest BCUT2D eigenvalue weighted by Crippen LogP contribution is -2.45. The first-order chi connectivity index (χ1) is 16.8. The van der Waals surface area contributed by atoms with Crippen LogP contribution in [0.5, 0.6) is 5.75 Å². The Labute approximate surface area is 208 Å². The lowest BCUT2D eigenvalue weighted by molar-refractivity contribution is -0.143. The average Bonchev–Trinajstić information content (AvgIpc) is 3.51. The molecule has 2 heterocycles. The van der Waals surface area contributed by atoms with Gasteiger partial charge in [-0.3, -0.25) is 24.1 Å². The van der Waals surface area contributed by atoms with Crippen molar-refractivity contribution in [2.75, 3.05) is 30.9 Å². The summed E-state index contributed by atoms with van der Waals surface area (Å²) in [5.41, 5.74) is 11.3. The van der Waals surface area contributed by atoms with Crippen molar-refractivity contribution in [1.29, 1.82) is 0 Å². The monoisotopic (exact) mass is 517 g/mol. The number of methoxy groups -OCH3 is 1. The molecule has 13 heteroatoms.